The van der Waals surface area contributed by atoms with Crippen LogP contribution in [-0.4, -0.2) is 27.8 Å². The Bertz CT molecular complexity index is 427. The van der Waals surface area contributed by atoms with Crippen molar-refractivity contribution in [1.82, 2.24) is 10.0 Å². The van der Waals surface area contributed by atoms with E-state index in [2.05, 4.69) is 26.0 Å². The van der Waals surface area contributed by atoms with Gasteiger partial charge in [-0.15, -0.1) is 11.3 Å². The first-order chi connectivity index (χ1) is 7.38. The molecule has 16 heavy (non-hydrogen) atoms. The van der Waals surface area contributed by atoms with Crippen LogP contribution in [0.15, 0.2) is 10.5 Å². The van der Waals surface area contributed by atoms with Gasteiger partial charge in [-0.2, -0.15) is 0 Å². The monoisotopic (exact) mass is 346 g/mol. The van der Waals surface area contributed by atoms with Crippen LogP contribution in [0.5, 0.6) is 0 Å². The Hall–Kier alpha value is 0.340. The molecule has 0 spiro atoms. The van der Waals surface area contributed by atoms with E-state index in [4.69, 9.17) is 11.6 Å². The van der Waals surface area contributed by atoms with Crippen LogP contribution < -0.4 is 10.0 Å². The van der Waals surface area contributed by atoms with Crippen molar-refractivity contribution in [3.63, 3.8) is 0 Å². The fourth-order valence-electron chi connectivity index (χ4n) is 1.01. The second kappa shape index (κ2) is 6.32. The average Bonchev–Trinajstić information content (AvgIpc) is 2.44. The van der Waals surface area contributed by atoms with Crippen LogP contribution in [-0.2, 0) is 16.6 Å². The summed E-state index contributed by atoms with van der Waals surface area (Å²) in [5.74, 6) is 0. The van der Waals surface area contributed by atoms with Crippen LogP contribution in [0, 0.1) is 0 Å². The Labute approximate surface area is 113 Å². The van der Waals surface area contributed by atoms with Crippen LogP contribution in [0.3, 0.4) is 0 Å². The predicted octanol–water partition coefficient (Wildman–Crippen LogP) is 1.80. The van der Waals surface area contributed by atoms with Crippen LogP contribution in [0.4, 0.5) is 0 Å². The fourth-order valence-corrected chi connectivity index (χ4v) is 3.25. The lowest BCUT2D eigenvalue weighted by Gasteiger charge is -2.03. The molecule has 0 amide bonds. The Kier molecular flexibility index (Phi) is 5.69. The number of hydrogen-bond donors (Lipinski definition) is 2. The number of rotatable bonds is 6. The Morgan fingerprint density at radius 1 is 1.50 bits per heavy atom. The first-order valence-electron chi connectivity index (χ1n) is 4.47. The van der Waals surface area contributed by atoms with Gasteiger partial charge >= 0.3 is 0 Å². The van der Waals surface area contributed by atoms with E-state index in [1.165, 1.54) is 11.3 Å². The summed E-state index contributed by atoms with van der Waals surface area (Å²) in [4.78, 5) is 1.11. The van der Waals surface area contributed by atoms with Crippen molar-refractivity contribution in [3.05, 3.63) is 19.8 Å². The zero-order valence-electron chi connectivity index (χ0n) is 8.59. The SMILES string of the molecule is CS(=O)(=O)NCCNCc1cc(Br)c(Cl)s1. The minimum absolute atomic E-state index is 0.388. The molecule has 0 aliphatic carbocycles. The standard InChI is InChI=1S/C8H12BrClN2O2S2/c1-16(13,14)12-3-2-11-5-6-4-7(9)8(10)15-6/h4,11-12H,2-3,5H2,1H3. The first kappa shape index (κ1) is 14.4. The van der Waals surface area contributed by atoms with E-state index in [1.54, 1.807) is 0 Å². The highest BCUT2D eigenvalue weighted by atomic mass is 79.9. The summed E-state index contributed by atoms with van der Waals surface area (Å²) in [5.41, 5.74) is 0. The zero-order valence-corrected chi connectivity index (χ0v) is 12.6. The molecule has 0 saturated carbocycles. The van der Waals surface area contributed by atoms with Crippen molar-refractivity contribution in [2.45, 2.75) is 6.54 Å². The summed E-state index contributed by atoms with van der Waals surface area (Å²) >= 11 is 10.7. The molecule has 1 aromatic rings. The second-order valence-corrected chi connectivity index (χ2v) is 7.60. The average molecular weight is 348 g/mol. The smallest absolute Gasteiger partial charge is 0.208 e. The van der Waals surface area contributed by atoms with Gasteiger partial charge in [0.25, 0.3) is 0 Å². The second-order valence-electron chi connectivity index (χ2n) is 3.18. The molecule has 2 N–H and O–H groups in total. The highest BCUT2D eigenvalue weighted by Crippen LogP contribution is 2.31. The first-order valence-corrected chi connectivity index (χ1v) is 8.35. The van der Waals surface area contributed by atoms with E-state index < -0.39 is 10.0 Å². The lowest BCUT2D eigenvalue weighted by Crippen LogP contribution is -2.30. The van der Waals surface area contributed by atoms with Gasteiger partial charge in [0.05, 0.1) is 6.26 Å². The van der Waals surface area contributed by atoms with Gasteiger partial charge in [-0.1, -0.05) is 11.6 Å². The van der Waals surface area contributed by atoms with Gasteiger partial charge in [-0.3, -0.25) is 0 Å². The van der Waals surface area contributed by atoms with Crippen LogP contribution >= 0.6 is 38.9 Å². The predicted molar refractivity (Wildman–Crippen MR) is 71.6 cm³/mol. The molecule has 0 aliphatic heterocycles. The number of nitrogens with one attached hydrogen (secondary N) is 2. The zero-order chi connectivity index (χ0) is 12.2. The quantitative estimate of drug-likeness (QED) is 0.772. The van der Waals surface area contributed by atoms with Gasteiger partial charge in [-0.05, 0) is 22.0 Å². The molecule has 92 valence electrons. The summed E-state index contributed by atoms with van der Waals surface area (Å²) in [6.45, 7) is 1.65. The maximum atomic E-state index is 10.8. The number of sulfonamides is 1. The molecule has 0 unspecified atom stereocenters. The molecule has 1 rings (SSSR count). The molecule has 1 aromatic heterocycles. The number of hydrogen-bond acceptors (Lipinski definition) is 4. The van der Waals surface area contributed by atoms with Gasteiger partial charge in [0.2, 0.25) is 10.0 Å². The Morgan fingerprint density at radius 3 is 2.69 bits per heavy atom. The Morgan fingerprint density at radius 2 is 2.19 bits per heavy atom. The van der Waals surface area contributed by atoms with E-state index in [1.807, 2.05) is 6.07 Å². The lowest BCUT2D eigenvalue weighted by molar-refractivity contribution is 0.582. The number of halogens is 2. The summed E-state index contributed by atoms with van der Waals surface area (Å²) in [5, 5.41) is 3.12. The highest BCUT2D eigenvalue weighted by molar-refractivity contribution is 9.10. The van der Waals surface area contributed by atoms with Gasteiger partial charge in [-0.25, -0.2) is 13.1 Å². The highest BCUT2D eigenvalue weighted by Gasteiger charge is 2.04. The number of thiophene rings is 1. The molecular weight excluding hydrogens is 336 g/mol. The summed E-state index contributed by atoms with van der Waals surface area (Å²) in [7, 11) is -3.09. The van der Waals surface area contributed by atoms with Crippen molar-refractivity contribution < 1.29 is 8.42 Å². The Balaban J connectivity index is 2.21. The van der Waals surface area contributed by atoms with E-state index in [0.29, 0.717) is 19.6 Å². The van der Waals surface area contributed by atoms with Crippen LogP contribution in [0.1, 0.15) is 4.88 Å². The van der Waals surface area contributed by atoms with Crippen molar-refractivity contribution in [2.24, 2.45) is 0 Å². The van der Waals surface area contributed by atoms with Crippen molar-refractivity contribution in [3.8, 4) is 0 Å². The normalized spacial score (nSPS) is 11.9. The van der Waals surface area contributed by atoms with E-state index in [0.717, 1.165) is 19.9 Å². The molecule has 0 saturated heterocycles. The van der Waals surface area contributed by atoms with Gasteiger partial charge in [0, 0.05) is 29.0 Å². The summed E-state index contributed by atoms with van der Waals surface area (Å²) in [6, 6.07) is 1.95. The summed E-state index contributed by atoms with van der Waals surface area (Å²) in [6.07, 6.45) is 1.14. The molecule has 0 radical (unpaired) electrons. The topological polar surface area (TPSA) is 58.2 Å². The van der Waals surface area contributed by atoms with Crippen molar-refractivity contribution in [1.29, 1.82) is 0 Å². The molecule has 0 atom stereocenters. The minimum atomic E-state index is -3.09. The third-order valence-corrected chi connectivity index (χ3v) is 4.86. The maximum absolute atomic E-state index is 10.8. The van der Waals surface area contributed by atoms with Crippen molar-refractivity contribution in [2.75, 3.05) is 19.3 Å². The summed E-state index contributed by atoms with van der Waals surface area (Å²) < 4.78 is 25.5. The largest absolute Gasteiger partial charge is 0.311 e. The molecule has 0 fully saturated rings. The molecule has 4 nitrogen and oxygen atoms in total. The molecule has 0 aliphatic rings. The maximum Gasteiger partial charge on any atom is 0.208 e. The van der Waals surface area contributed by atoms with E-state index in [9.17, 15) is 8.42 Å². The van der Waals surface area contributed by atoms with Crippen molar-refractivity contribution >= 4 is 48.9 Å². The van der Waals surface area contributed by atoms with Gasteiger partial charge in [0.15, 0.2) is 0 Å². The fraction of sp³-hybridized carbons (Fsp3) is 0.500. The third kappa shape index (κ3) is 5.60. The molecular formula is C8H12BrClN2O2S2. The molecule has 1 heterocycles. The third-order valence-electron chi connectivity index (χ3n) is 1.66. The molecule has 0 aromatic carbocycles. The van der Waals surface area contributed by atoms with E-state index in [-0.39, 0.29) is 0 Å². The van der Waals surface area contributed by atoms with Gasteiger partial charge < -0.3 is 5.32 Å². The molecule has 8 heteroatoms. The molecule has 0 bridgehead atoms. The van der Waals surface area contributed by atoms with Crippen LogP contribution in [0.2, 0.25) is 4.34 Å². The lowest BCUT2D eigenvalue weighted by atomic mass is 10.4. The van der Waals surface area contributed by atoms with Crippen LogP contribution in [0.25, 0.3) is 0 Å². The van der Waals surface area contributed by atoms with Gasteiger partial charge in [0.1, 0.15) is 4.34 Å². The minimum Gasteiger partial charge on any atom is -0.311 e. The van der Waals surface area contributed by atoms with E-state index >= 15 is 0 Å².